The lowest BCUT2D eigenvalue weighted by Crippen LogP contribution is -2.49. The Kier molecular flexibility index (Phi) is 6.11. The van der Waals surface area contributed by atoms with Crippen molar-refractivity contribution in [3.05, 3.63) is 40.3 Å². The van der Waals surface area contributed by atoms with Crippen LogP contribution in [0.4, 0.5) is 0 Å². The maximum absolute atomic E-state index is 12.1. The second kappa shape index (κ2) is 8.11. The van der Waals surface area contributed by atoms with Gasteiger partial charge >= 0.3 is 0 Å². The third-order valence-corrected chi connectivity index (χ3v) is 4.94. The summed E-state index contributed by atoms with van der Waals surface area (Å²) in [6.45, 7) is 0. The number of rotatable bonds is 6. The molecule has 3 N–H and O–H groups in total. The molecule has 0 spiro atoms. The van der Waals surface area contributed by atoms with Crippen LogP contribution in [0.15, 0.2) is 29.2 Å². The second-order valence-electron chi connectivity index (χ2n) is 5.38. The van der Waals surface area contributed by atoms with Crippen molar-refractivity contribution in [3.8, 4) is 0 Å². The van der Waals surface area contributed by atoms with Crippen molar-refractivity contribution in [1.29, 1.82) is 0 Å². The number of carboxylic acids is 1. The molecule has 1 aliphatic heterocycles. The molecule has 0 unspecified atom stereocenters. The number of benzene rings is 1. The number of thioether (sulfide) groups is 1. The summed E-state index contributed by atoms with van der Waals surface area (Å²) in [5, 5.41) is 13.1. The highest BCUT2D eigenvalue weighted by atomic mass is 32.2. The molecule has 8 nitrogen and oxygen atoms in total. The average molecular weight is 392 g/mol. The van der Waals surface area contributed by atoms with Gasteiger partial charge in [-0.2, -0.15) is 0 Å². The fraction of sp³-hybridized carbons (Fsp3) is 0.188. The molecule has 0 radical (unpaired) electrons. The first kappa shape index (κ1) is 19.6. The molecule has 0 bridgehead atoms. The van der Waals surface area contributed by atoms with Gasteiger partial charge in [-0.3, -0.25) is 19.3 Å². The van der Waals surface area contributed by atoms with Gasteiger partial charge in [-0.05, 0) is 23.8 Å². The molecule has 1 fully saturated rings. The molecule has 2 rings (SSSR count). The number of hydrogen-bond acceptors (Lipinski definition) is 7. The van der Waals surface area contributed by atoms with Gasteiger partial charge in [0.15, 0.2) is 0 Å². The zero-order valence-electron chi connectivity index (χ0n) is 13.6. The van der Waals surface area contributed by atoms with E-state index >= 15 is 0 Å². The summed E-state index contributed by atoms with van der Waals surface area (Å²) in [6, 6.07) is 4.61. The first-order chi connectivity index (χ1) is 12.2. The minimum absolute atomic E-state index is 0.181. The number of nitrogens with one attached hydrogen (secondary N) is 1. The summed E-state index contributed by atoms with van der Waals surface area (Å²) in [4.78, 5) is 47.7. The molecule has 0 aliphatic carbocycles. The van der Waals surface area contributed by atoms with E-state index in [0.717, 1.165) is 0 Å². The number of carboxylic acid groups (broad SMARTS) is 1. The molecular formula is C16H14N3O5S2-. The molecule has 0 aromatic heterocycles. The van der Waals surface area contributed by atoms with Gasteiger partial charge < -0.3 is 21.0 Å². The van der Waals surface area contributed by atoms with Crippen molar-refractivity contribution in [2.45, 2.75) is 12.5 Å². The number of hydrogen-bond donors (Lipinski definition) is 2. The summed E-state index contributed by atoms with van der Waals surface area (Å²) in [5.74, 6) is -3.37. The van der Waals surface area contributed by atoms with Crippen molar-refractivity contribution < 1.29 is 24.3 Å². The van der Waals surface area contributed by atoms with E-state index in [0.29, 0.717) is 14.8 Å². The minimum Gasteiger partial charge on any atom is -0.548 e. The van der Waals surface area contributed by atoms with Gasteiger partial charge in [-0.15, -0.1) is 0 Å². The fourth-order valence-electron chi connectivity index (χ4n) is 2.06. The molecule has 1 aliphatic rings. The van der Waals surface area contributed by atoms with E-state index < -0.39 is 30.2 Å². The standard InChI is InChI=1S/C16H15N3O5S2/c1-19-14(22)11(26-16(19)25)6-8-2-4-9(5-3-8)13(21)18-10(15(23)24)7-12(17)20/h2-6,10H,7H2,1H3,(H2,17,20)(H,18,21)(H,23,24)/p-1/b11-6+/t10-/m0/s1. The zero-order chi connectivity index (χ0) is 19.4. The Morgan fingerprint density at radius 1 is 1.35 bits per heavy atom. The number of primary amides is 1. The Bertz CT molecular complexity index is 820. The van der Waals surface area contributed by atoms with Gasteiger partial charge in [0.2, 0.25) is 5.91 Å². The SMILES string of the molecule is CN1C(=O)/C(=C\c2ccc(C(=O)N[C@@H](CC(N)=O)C(=O)[O-])cc2)SC1=S. The van der Waals surface area contributed by atoms with Crippen LogP contribution in [-0.4, -0.2) is 46.0 Å². The summed E-state index contributed by atoms with van der Waals surface area (Å²) >= 11 is 6.22. The van der Waals surface area contributed by atoms with E-state index in [-0.39, 0.29) is 11.5 Å². The number of carbonyl (C=O) groups is 4. The van der Waals surface area contributed by atoms with Gasteiger partial charge in [0.25, 0.3) is 11.8 Å². The van der Waals surface area contributed by atoms with Crippen molar-refractivity contribution in [2.24, 2.45) is 5.73 Å². The van der Waals surface area contributed by atoms with E-state index in [1.807, 2.05) is 0 Å². The summed E-state index contributed by atoms with van der Waals surface area (Å²) < 4.78 is 0.458. The van der Waals surface area contributed by atoms with E-state index in [1.165, 1.54) is 28.8 Å². The number of thiocarbonyl (C=S) groups is 1. The van der Waals surface area contributed by atoms with Crippen molar-refractivity contribution >= 4 is 58.1 Å². The molecule has 26 heavy (non-hydrogen) atoms. The molecule has 136 valence electrons. The van der Waals surface area contributed by atoms with E-state index in [1.54, 1.807) is 25.3 Å². The quantitative estimate of drug-likeness (QED) is 0.480. The fourth-order valence-corrected chi connectivity index (χ4v) is 3.24. The molecule has 1 heterocycles. The van der Waals surface area contributed by atoms with Crippen molar-refractivity contribution in [1.82, 2.24) is 10.2 Å². The normalized spacial score (nSPS) is 16.7. The third kappa shape index (κ3) is 4.67. The zero-order valence-corrected chi connectivity index (χ0v) is 15.2. The van der Waals surface area contributed by atoms with Crippen LogP contribution in [0.1, 0.15) is 22.3 Å². The number of aliphatic carboxylic acids is 1. The van der Waals surface area contributed by atoms with Gasteiger partial charge in [0, 0.05) is 12.6 Å². The molecule has 1 aromatic carbocycles. The molecule has 1 aromatic rings. The number of nitrogens with zero attached hydrogens (tertiary/aromatic N) is 1. The highest BCUT2D eigenvalue weighted by molar-refractivity contribution is 8.26. The lowest BCUT2D eigenvalue weighted by atomic mass is 10.1. The summed E-state index contributed by atoms with van der Waals surface area (Å²) in [5.41, 5.74) is 5.80. The van der Waals surface area contributed by atoms with Crippen LogP contribution < -0.4 is 16.2 Å². The maximum atomic E-state index is 12.1. The lowest BCUT2D eigenvalue weighted by molar-refractivity contribution is -0.308. The van der Waals surface area contributed by atoms with Gasteiger partial charge in [-0.1, -0.05) is 36.1 Å². The predicted molar refractivity (Wildman–Crippen MR) is 97.5 cm³/mol. The lowest BCUT2D eigenvalue weighted by Gasteiger charge is -2.18. The minimum atomic E-state index is -1.60. The van der Waals surface area contributed by atoms with Gasteiger partial charge in [0.1, 0.15) is 4.32 Å². The number of likely N-dealkylation sites (N-methyl/N-ethyl adjacent to an activating group) is 1. The smallest absolute Gasteiger partial charge is 0.265 e. The maximum Gasteiger partial charge on any atom is 0.265 e. The van der Waals surface area contributed by atoms with Crippen molar-refractivity contribution in [2.75, 3.05) is 7.05 Å². The Hall–Kier alpha value is -2.72. The Balaban J connectivity index is 2.10. The third-order valence-electron chi connectivity index (χ3n) is 3.45. The molecule has 10 heteroatoms. The number of carbonyl (C=O) groups excluding carboxylic acids is 4. The van der Waals surface area contributed by atoms with Gasteiger partial charge in [0.05, 0.1) is 23.3 Å². The Morgan fingerprint density at radius 3 is 2.42 bits per heavy atom. The molecule has 0 saturated carbocycles. The van der Waals surface area contributed by atoms with E-state index in [2.05, 4.69) is 5.32 Å². The highest BCUT2D eigenvalue weighted by Gasteiger charge is 2.28. The van der Waals surface area contributed by atoms with Crippen LogP contribution >= 0.6 is 24.0 Å². The van der Waals surface area contributed by atoms with E-state index in [9.17, 15) is 24.3 Å². The van der Waals surface area contributed by atoms with Crippen molar-refractivity contribution in [3.63, 3.8) is 0 Å². The van der Waals surface area contributed by atoms with Crippen LogP contribution in [0.2, 0.25) is 0 Å². The highest BCUT2D eigenvalue weighted by Crippen LogP contribution is 2.31. The Labute approximate surface area is 158 Å². The number of amides is 3. The van der Waals surface area contributed by atoms with Crippen LogP contribution in [0, 0.1) is 0 Å². The first-order valence-electron chi connectivity index (χ1n) is 7.30. The molecule has 3 amide bonds. The predicted octanol–water partition coefficient (Wildman–Crippen LogP) is -0.759. The van der Waals surface area contributed by atoms with Crippen LogP contribution in [0.3, 0.4) is 0 Å². The topological polar surface area (TPSA) is 133 Å². The molecule has 1 saturated heterocycles. The molecule has 1 atom stereocenters. The summed E-state index contributed by atoms with van der Waals surface area (Å²) in [6.07, 6.45) is 1.08. The van der Waals surface area contributed by atoms with Crippen LogP contribution in [0.25, 0.3) is 6.08 Å². The Morgan fingerprint density at radius 2 is 1.96 bits per heavy atom. The average Bonchev–Trinajstić information content (AvgIpc) is 2.81. The number of nitrogens with two attached hydrogens (primary N) is 1. The van der Waals surface area contributed by atoms with E-state index in [4.69, 9.17) is 18.0 Å². The monoisotopic (exact) mass is 392 g/mol. The van der Waals surface area contributed by atoms with Gasteiger partial charge in [-0.25, -0.2) is 0 Å². The molecular weight excluding hydrogens is 378 g/mol. The first-order valence-corrected chi connectivity index (χ1v) is 8.53. The summed E-state index contributed by atoms with van der Waals surface area (Å²) in [7, 11) is 1.59. The largest absolute Gasteiger partial charge is 0.548 e. The van der Waals surface area contributed by atoms with Crippen LogP contribution in [0.5, 0.6) is 0 Å². The van der Waals surface area contributed by atoms with Crippen LogP contribution in [-0.2, 0) is 14.4 Å². The second-order valence-corrected chi connectivity index (χ2v) is 7.05.